The lowest BCUT2D eigenvalue weighted by molar-refractivity contribution is 0.0977. The number of benzene rings is 3. The van der Waals surface area contributed by atoms with Crippen LogP contribution in [0.25, 0.3) is 0 Å². The highest BCUT2D eigenvalue weighted by Gasteiger charge is 2.08. The second-order valence-electron chi connectivity index (χ2n) is 7.60. The largest absolute Gasteiger partial charge is 0.494 e. The van der Waals surface area contributed by atoms with Crippen molar-refractivity contribution in [2.24, 2.45) is 0 Å². The van der Waals surface area contributed by atoms with E-state index in [9.17, 15) is 4.79 Å². The first-order valence-corrected chi connectivity index (χ1v) is 11.7. The van der Waals surface area contributed by atoms with Crippen LogP contribution < -0.4 is 20.1 Å². The minimum absolute atomic E-state index is 0.234. The summed E-state index contributed by atoms with van der Waals surface area (Å²) in [5.41, 5.74) is 2.53. The first kappa shape index (κ1) is 24.3. The minimum atomic E-state index is -0.272. The molecule has 1 amide bonds. The Hall–Kier alpha value is -3.38. The second kappa shape index (κ2) is 13.2. The molecule has 6 heteroatoms. The number of amides is 1. The van der Waals surface area contributed by atoms with Crippen molar-refractivity contribution in [1.82, 2.24) is 5.32 Å². The summed E-state index contributed by atoms with van der Waals surface area (Å²) >= 11 is 5.28. The molecule has 0 heterocycles. The summed E-state index contributed by atoms with van der Waals surface area (Å²) < 4.78 is 11.5. The van der Waals surface area contributed by atoms with E-state index in [4.69, 9.17) is 21.7 Å². The Labute approximate surface area is 201 Å². The lowest BCUT2D eigenvalue weighted by Gasteiger charge is -2.11. The second-order valence-corrected chi connectivity index (χ2v) is 8.00. The van der Waals surface area contributed by atoms with Gasteiger partial charge < -0.3 is 14.8 Å². The summed E-state index contributed by atoms with van der Waals surface area (Å²) in [5.74, 6) is 1.27. The van der Waals surface area contributed by atoms with Crippen LogP contribution in [-0.2, 0) is 6.42 Å². The van der Waals surface area contributed by atoms with E-state index in [0.29, 0.717) is 18.8 Å². The molecule has 2 N–H and O–H groups in total. The molecule has 3 aromatic rings. The topological polar surface area (TPSA) is 59.6 Å². The van der Waals surface area contributed by atoms with Gasteiger partial charge in [-0.15, -0.1) is 0 Å². The molecule has 0 aliphatic carbocycles. The standard InChI is InChI=1S/C27H30N2O3S/c1-2-3-7-19-31-24-14-10-22(11-15-24)26(30)29-27(33)28-23-12-16-25(17-13-23)32-20-18-21-8-5-4-6-9-21/h4-6,8-17H,2-3,7,18-20H2,1H3,(H2,28,29,30,33). The fourth-order valence-electron chi connectivity index (χ4n) is 3.15. The van der Waals surface area contributed by atoms with E-state index in [2.05, 4.69) is 29.7 Å². The molecule has 0 spiro atoms. The van der Waals surface area contributed by atoms with Crippen molar-refractivity contribution in [1.29, 1.82) is 0 Å². The van der Waals surface area contributed by atoms with E-state index in [-0.39, 0.29) is 11.0 Å². The van der Waals surface area contributed by atoms with Gasteiger partial charge >= 0.3 is 0 Å². The van der Waals surface area contributed by atoms with Gasteiger partial charge in [-0.05, 0) is 72.7 Å². The molecule has 5 nitrogen and oxygen atoms in total. The summed E-state index contributed by atoms with van der Waals surface area (Å²) in [4.78, 5) is 12.4. The third-order valence-corrected chi connectivity index (χ3v) is 5.18. The third kappa shape index (κ3) is 8.58. The number of unbranched alkanes of at least 4 members (excludes halogenated alkanes) is 2. The quantitative estimate of drug-likeness (QED) is 0.270. The third-order valence-electron chi connectivity index (χ3n) is 4.97. The lowest BCUT2D eigenvalue weighted by atomic mass is 10.2. The van der Waals surface area contributed by atoms with Gasteiger partial charge in [-0.3, -0.25) is 10.1 Å². The van der Waals surface area contributed by atoms with E-state index >= 15 is 0 Å². The van der Waals surface area contributed by atoms with Crippen LogP contribution in [0.3, 0.4) is 0 Å². The summed E-state index contributed by atoms with van der Waals surface area (Å²) in [5, 5.41) is 5.96. The monoisotopic (exact) mass is 462 g/mol. The summed E-state index contributed by atoms with van der Waals surface area (Å²) in [6.07, 6.45) is 4.18. The molecule has 0 saturated heterocycles. The molecule has 0 unspecified atom stereocenters. The Kier molecular flexibility index (Phi) is 9.73. The number of ether oxygens (including phenoxy) is 2. The van der Waals surface area contributed by atoms with Gasteiger partial charge in [0, 0.05) is 17.7 Å². The average molecular weight is 463 g/mol. The van der Waals surface area contributed by atoms with Crippen LogP contribution in [0.1, 0.15) is 42.1 Å². The summed E-state index contributed by atoms with van der Waals surface area (Å²) in [6.45, 7) is 3.45. The van der Waals surface area contributed by atoms with Crippen LogP contribution in [0.4, 0.5) is 5.69 Å². The maximum Gasteiger partial charge on any atom is 0.257 e. The molecule has 0 bridgehead atoms. The fourth-order valence-corrected chi connectivity index (χ4v) is 3.36. The number of hydrogen-bond donors (Lipinski definition) is 2. The summed E-state index contributed by atoms with van der Waals surface area (Å²) in [6, 6.07) is 24.8. The Bertz CT molecular complexity index is 1010. The molecule has 3 aromatic carbocycles. The Morgan fingerprint density at radius 1 is 0.818 bits per heavy atom. The Morgan fingerprint density at radius 3 is 2.12 bits per heavy atom. The molecule has 0 radical (unpaired) electrons. The fraction of sp³-hybridized carbons (Fsp3) is 0.259. The van der Waals surface area contributed by atoms with Gasteiger partial charge in [0.1, 0.15) is 11.5 Å². The molecule has 33 heavy (non-hydrogen) atoms. The number of rotatable bonds is 11. The number of hydrogen-bond acceptors (Lipinski definition) is 4. The van der Waals surface area contributed by atoms with E-state index in [0.717, 1.165) is 42.9 Å². The molecule has 0 aliphatic heterocycles. The molecule has 0 aliphatic rings. The van der Waals surface area contributed by atoms with Crippen LogP contribution in [0.5, 0.6) is 11.5 Å². The number of nitrogens with one attached hydrogen (secondary N) is 2. The van der Waals surface area contributed by atoms with Crippen molar-refractivity contribution in [2.45, 2.75) is 32.6 Å². The SMILES string of the molecule is CCCCCOc1ccc(C(=O)NC(=S)Nc2ccc(OCCc3ccccc3)cc2)cc1. The van der Waals surface area contributed by atoms with Gasteiger partial charge in [0.2, 0.25) is 0 Å². The van der Waals surface area contributed by atoms with Gasteiger partial charge in [-0.2, -0.15) is 0 Å². The molecule has 0 atom stereocenters. The van der Waals surface area contributed by atoms with Crippen LogP contribution in [-0.4, -0.2) is 24.2 Å². The maximum absolute atomic E-state index is 12.4. The zero-order chi connectivity index (χ0) is 23.3. The van der Waals surface area contributed by atoms with Gasteiger partial charge in [-0.25, -0.2) is 0 Å². The smallest absolute Gasteiger partial charge is 0.257 e. The number of carbonyl (C=O) groups is 1. The Balaban J connectivity index is 1.40. The lowest BCUT2D eigenvalue weighted by Crippen LogP contribution is -2.34. The number of thiocarbonyl (C=S) groups is 1. The van der Waals surface area contributed by atoms with Gasteiger partial charge in [0.15, 0.2) is 5.11 Å². The van der Waals surface area contributed by atoms with Crippen molar-refractivity contribution < 1.29 is 14.3 Å². The van der Waals surface area contributed by atoms with Crippen LogP contribution in [0.2, 0.25) is 0 Å². The zero-order valence-corrected chi connectivity index (χ0v) is 19.7. The number of anilines is 1. The normalized spacial score (nSPS) is 10.3. The van der Waals surface area contributed by atoms with Gasteiger partial charge in [-0.1, -0.05) is 50.1 Å². The van der Waals surface area contributed by atoms with Crippen molar-refractivity contribution in [3.05, 3.63) is 90.0 Å². The van der Waals surface area contributed by atoms with E-state index in [1.54, 1.807) is 24.3 Å². The summed E-state index contributed by atoms with van der Waals surface area (Å²) in [7, 11) is 0. The zero-order valence-electron chi connectivity index (χ0n) is 18.9. The highest BCUT2D eigenvalue weighted by molar-refractivity contribution is 7.80. The van der Waals surface area contributed by atoms with Crippen LogP contribution >= 0.6 is 12.2 Å². The molecule has 0 fully saturated rings. The van der Waals surface area contributed by atoms with E-state index in [1.165, 1.54) is 5.56 Å². The number of carbonyl (C=O) groups excluding carboxylic acids is 1. The predicted octanol–water partition coefficient (Wildman–Crippen LogP) is 6.00. The molecular weight excluding hydrogens is 432 g/mol. The van der Waals surface area contributed by atoms with Crippen LogP contribution in [0, 0.1) is 0 Å². The molecule has 0 saturated carbocycles. The molecule has 172 valence electrons. The van der Waals surface area contributed by atoms with Crippen molar-refractivity contribution >= 4 is 28.9 Å². The molecular formula is C27H30N2O3S. The van der Waals surface area contributed by atoms with Crippen molar-refractivity contribution in [3.8, 4) is 11.5 Å². The average Bonchev–Trinajstić information content (AvgIpc) is 2.84. The van der Waals surface area contributed by atoms with Gasteiger partial charge in [0.25, 0.3) is 5.91 Å². The maximum atomic E-state index is 12.4. The molecule has 3 rings (SSSR count). The first-order valence-electron chi connectivity index (χ1n) is 11.3. The minimum Gasteiger partial charge on any atom is -0.494 e. The first-order chi connectivity index (χ1) is 16.1. The van der Waals surface area contributed by atoms with Crippen molar-refractivity contribution in [3.63, 3.8) is 0 Å². The highest BCUT2D eigenvalue weighted by Crippen LogP contribution is 2.17. The van der Waals surface area contributed by atoms with Crippen molar-refractivity contribution in [2.75, 3.05) is 18.5 Å². The van der Waals surface area contributed by atoms with Gasteiger partial charge in [0.05, 0.1) is 13.2 Å². The Morgan fingerprint density at radius 2 is 1.45 bits per heavy atom. The molecule has 0 aromatic heterocycles. The predicted molar refractivity (Wildman–Crippen MR) is 137 cm³/mol. The highest BCUT2D eigenvalue weighted by atomic mass is 32.1. The van der Waals surface area contributed by atoms with Crippen LogP contribution in [0.15, 0.2) is 78.9 Å². The van der Waals surface area contributed by atoms with E-state index < -0.39 is 0 Å². The van der Waals surface area contributed by atoms with E-state index in [1.807, 2.05) is 42.5 Å².